The first-order valence-electron chi connectivity index (χ1n) is 7.63. The second-order valence-corrected chi connectivity index (χ2v) is 6.66. The fourth-order valence-electron chi connectivity index (χ4n) is 3.88. The highest BCUT2D eigenvalue weighted by Gasteiger charge is 2.43. The lowest BCUT2D eigenvalue weighted by Crippen LogP contribution is -3.21. The zero-order valence-electron chi connectivity index (χ0n) is 11.8. The normalized spacial score (nSPS) is 32.0. The van der Waals surface area contributed by atoms with Crippen LogP contribution in [0.15, 0.2) is 24.3 Å². The molecule has 3 fully saturated rings. The van der Waals surface area contributed by atoms with E-state index in [1.165, 1.54) is 38.0 Å². The minimum atomic E-state index is 0.530. The average molecular weight is 291 g/mol. The standard InChI is InChI=1S/C17H21ClN2/c1-2-14-12-20-7-6-15(14)9-17(20)11-19-10-13-4-3-5-16(18)8-13/h1,3-5,8,14-15,17,19H,6-7,9-12H2/p+2/t14-,15-,17+/m0/s1. The van der Waals surface area contributed by atoms with Crippen LogP contribution in [0.1, 0.15) is 18.4 Å². The van der Waals surface area contributed by atoms with Gasteiger partial charge in [0.05, 0.1) is 19.0 Å². The molecule has 106 valence electrons. The van der Waals surface area contributed by atoms with Crippen LogP contribution in [-0.2, 0) is 6.54 Å². The van der Waals surface area contributed by atoms with Gasteiger partial charge in [-0.05, 0) is 18.1 Å². The number of rotatable bonds is 4. The van der Waals surface area contributed by atoms with Crippen LogP contribution in [0.25, 0.3) is 0 Å². The Morgan fingerprint density at radius 1 is 1.45 bits per heavy atom. The quantitative estimate of drug-likeness (QED) is 0.746. The molecule has 20 heavy (non-hydrogen) atoms. The number of fused-ring (bicyclic) bond motifs is 3. The molecule has 3 aliphatic rings. The van der Waals surface area contributed by atoms with Gasteiger partial charge >= 0.3 is 0 Å². The Balaban J connectivity index is 1.49. The summed E-state index contributed by atoms with van der Waals surface area (Å²) in [4.78, 5) is 1.73. The third-order valence-corrected chi connectivity index (χ3v) is 5.22. The molecule has 1 aromatic rings. The number of terminal acetylenes is 1. The number of quaternary nitrogens is 2. The zero-order valence-corrected chi connectivity index (χ0v) is 12.6. The van der Waals surface area contributed by atoms with Crippen molar-refractivity contribution in [1.82, 2.24) is 0 Å². The number of hydrogen-bond donors (Lipinski definition) is 2. The molecule has 4 atom stereocenters. The summed E-state index contributed by atoms with van der Waals surface area (Å²) >= 11 is 6.02. The van der Waals surface area contributed by atoms with Crippen molar-refractivity contribution in [2.75, 3.05) is 19.6 Å². The molecule has 0 saturated carbocycles. The Morgan fingerprint density at radius 2 is 2.35 bits per heavy atom. The van der Waals surface area contributed by atoms with Crippen molar-refractivity contribution >= 4 is 11.6 Å². The van der Waals surface area contributed by atoms with Gasteiger partial charge < -0.3 is 10.2 Å². The summed E-state index contributed by atoms with van der Waals surface area (Å²) in [5.41, 5.74) is 1.31. The van der Waals surface area contributed by atoms with E-state index in [1.54, 1.807) is 4.90 Å². The number of nitrogens with one attached hydrogen (secondary N) is 1. The van der Waals surface area contributed by atoms with Crippen molar-refractivity contribution in [2.24, 2.45) is 11.8 Å². The van der Waals surface area contributed by atoms with Crippen molar-refractivity contribution in [3.05, 3.63) is 34.9 Å². The maximum atomic E-state index is 6.02. The Bertz CT molecular complexity index is 508. The van der Waals surface area contributed by atoms with Crippen LogP contribution < -0.4 is 10.2 Å². The number of piperidine rings is 3. The van der Waals surface area contributed by atoms with Gasteiger partial charge in [-0.15, -0.1) is 6.42 Å². The zero-order chi connectivity index (χ0) is 13.9. The molecule has 2 nitrogen and oxygen atoms in total. The van der Waals surface area contributed by atoms with Crippen molar-refractivity contribution in [3.63, 3.8) is 0 Å². The smallest absolute Gasteiger partial charge is 0.137 e. The molecule has 0 aliphatic carbocycles. The highest BCUT2D eigenvalue weighted by molar-refractivity contribution is 6.30. The lowest BCUT2D eigenvalue weighted by molar-refractivity contribution is -0.958. The van der Waals surface area contributed by atoms with Gasteiger partial charge in [-0.1, -0.05) is 29.7 Å². The third kappa shape index (κ3) is 3.01. The SMILES string of the molecule is C#C[C@H]1C[NH+]2CC[C@H]1C[C@@H]2C[NH2+]Cc1cccc(Cl)c1. The maximum Gasteiger partial charge on any atom is 0.137 e. The first kappa shape index (κ1) is 13.9. The van der Waals surface area contributed by atoms with Crippen LogP contribution in [-0.4, -0.2) is 25.7 Å². The molecule has 1 unspecified atom stereocenters. The first-order chi connectivity index (χ1) is 9.76. The number of halogens is 1. The Hall–Kier alpha value is -1.01. The third-order valence-electron chi connectivity index (χ3n) is 4.99. The molecule has 0 spiro atoms. The molecule has 0 radical (unpaired) electrons. The molecule has 3 heterocycles. The molecule has 0 amide bonds. The van der Waals surface area contributed by atoms with Crippen molar-refractivity contribution < 1.29 is 10.2 Å². The van der Waals surface area contributed by atoms with Gasteiger partial charge in [0, 0.05) is 23.4 Å². The second kappa shape index (κ2) is 6.18. The van der Waals surface area contributed by atoms with Gasteiger partial charge in [0.2, 0.25) is 0 Å². The largest absolute Gasteiger partial charge is 0.338 e. The lowest BCUT2D eigenvalue weighted by atomic mass is 9.76. The van der Waals surface area contributed by atoms with E-state index < -0.39 is 0 Å². The fourth-order valence-corrected chi connectivity index (χ4v) is 4.09. The van der Waals surface area contributed by atoms with Crippen LogP contribution >= 0.6 is 11.6 Å². The topological polar surface area (TPSA) is 21.1 Å². The molecular weight excluding hydrogens is 268 g/mol. The fraction of sp³-hybridized carbons (Fsp3) is 0.529. The minimum absolute atomic E-state index is 0.530. The molecule has 2 bridgehead atoms. The molecule has 4 rings (SSSR count). The highest BCUT2D eigenvalue weighted by Crippen LogP contribution is 2.25. The molecule has 1 aromatic carbocycles. The van der Waals surface area contributed by atoms with Gasteiger partial charge in [-0.25, -0.2) is 0 Å². The number of nitrogens with two attached hydrogens (primary N) is 1. The maximum absolute atomic E-state index is 6.02. The summed E-state index contributed by atoms with van der Waals surface area (Å²) in [6, 6.07) is 8.96. The monoisotopic (exact) mass is 290 g/mol. The average Bonchev–Trinajstić information content (AvgIpc) is 2.48. The van der Waals surface area contributed by atoms with E-state index in [0.717, 1.165) is 23.5 Å². The van der Waals surface area contributed by atoms with Gasteiger partial charge in [0.1, 0.15) is 19.1 Å². The predicted molar refractivity (Wildman–Crippen MR) is 81.5 cm³/mol. The van der Waals surface area contributed by atoms with Crippen LogP contribution in [0.3, 0.4) is 0 Å². The molecule has 0 aromatic heterocycles. The van der Waals surface area contributed by atoms with Crippen LogP contribution in [0.2, 0.25) is 5.02 Å². The van der Waals surface area contributed by atoms with Crippen LogP contribution in [0.4, 0.5) is 0 Å². The molecule has 3 N–H and O–H groups in total. The molecular formula is C17H23ClN2+2. The van der Waals surface area contributed by atoms with Crippen LogP contribution in [0, 0.1) is 24.2 Å². The number of benzene rings is 1. The van der Waals surface area contributed by atoms with Crippen molar-refractivity contribution in [3.8, 4) is 12.3 Å². The Kier molecular flexibility index (Phi) is 4.31. The van der Waals surface area contributed by atoms with E-state index in [2.05, 4.69) is 23.4 Å². The van der Waals surface area contributed by atoms with E-state index in [9.17, 15) is 0 Å². The summed E-state index contributed by atoms with van der Waals surface area (Å²) in [6.07, 6.45) is 8.29. The summed E-state index contributed by atoms with van der Waals surface area (Å²) in [5.74, 6) is 4.31. The second-order valence-electron chi connectivity index (χ2n) is 6.23. The summed E-state index contributed by atoms with van der Waals surface area (Å²) in [7, 11) is 0. The van der Waals surface area contributed by atoms with Crippen molar-refractivity contribution in [1.29, 1.82) is 0 Å². The van der Waals surface area contributed by atoms with Gasteiger partial charge in [0.25, 0.3) is 0 Å². The molecule has 3 aliphatic heterocycles. The van der Waals surface area contributed by atoms with Gasteiger partial charge in [0.15, 0.2) is 0 Å². The van der Waals surface area contributed by atoms with Crippen LogP contribution in [0.5, 0.6) is 0 Å². The summed E-state index contributed by atoms with van der Waals surface area (Å²) < 4.78 is 0. The predicted octanol–water partition coefficient (Wildman–Crippen LogP) is 0.330. The Morgan fingerprint density at radius 3 is 3.05 bits per heavy atom. The minimum Gasteiger partial charge on any atom is -0.338 e. The Labute approximate surface area is 126 Å². The van der Waals surface area contributed by atoms with E-state index in [4.69, 9.17) is 18.0 Å². The highest BCUT2D eigenvalue weighted by atomic mass is 35.5. The van der Waals surface area contributed by atoms with Gasteiger partial charge in [-0.3, -0.25) is 0 Å². The van der Waals surface area contributed by atoms with Gasteiger partial charge in [-0.2, -0.15) is 0 Å². The van der Waals surface area contributed by atoms with E-state index >= 15 is 0 Å². The van der Waals surface area contributed by atoms with E-state index in [-0.39, 0.29) is 0 Å². The lowest BCUT2D eigenvalue weighted by Gasteiger charge is -2.44. The summed E-state index contributed by atoms with van der Waals surface area (Å²) in [5, 5.41) is 3.26. The van der Waals surface area contributed by atoms with Crippen molar-refractivity contribution in [2.45, 2.75) is 25.4 Å². The number of hydrogen-bond acceptors (Lipinski definition) is 0. The summed E-state index contributed by atoms with van der Waals surface area (Å²) in [6.45, 7) is 4.73. The first-order valence-corrected chi connectivity index (χ1v) is 8.01. The molecule has 3 heteroatoms. The molecule has 3 saturated heterocycles. The van der Waals surface area contributed by atoms with E-state index in [0.29, 0.717) is 5.92 Å². The van der Waals surface area contributed by atoms with E-state index in [1.807, 2.05) is 12.1 Å².